The lowest BCUT2D eigenvalue weighted by Gasteiger charge is -2.43. The Morgan fingerprint density at radius 2 is 1.91 bits per heavy atom. The number of piperidine rings is 1. The smallest absolute Gasteiger partial charge is 0.226 e. The average Bonchev–Trinajstić information content (AvgIpc) is 2.97. The summed E-state index contributed by atoms with van der Waals surface area (Å²) in [6.07, 6.45) is 4.77. The maximum absolute atomic E-state index is 11.8. The molecule has 4 nitrogen and oxygen atoms in total. The topological polar surface area (TPSA) is 45.6 Å². The third-order valence-electron chi connectivity index (χ3n) is 6.50. The first-order valence-electron chi connectivity index (χ1n) is 11.2. The van der Waals surface area contributed by atoms with Gasteiger partial charge in [-0.1, -0.05) is 48.9 Å². The minimum Gasteiger partial charge on any atom is -0.438 e. The zero-order valence-corrected chi connectivity index (χ0v) is 19.0. The van der Waals surface area contributed by atoms with Crippen molar-refractivity contribution in [1.82, 2.24) is 9.88 Å². The summed E-state index contributed by atoms with van der Waals surface area (Å²) < 4.78 is 6.23. The number of benzene rings is 2. The third-order valence-corrected chi connectivity index (χ3v) is 6.76. The van der Waals surface area contributed by atoms with Crippen LogP contribution in [0.5, 0.6) is 11.6 Å². The van der Waals surface area contributed by atoms with Crippen molar-refractivity contribution >= 4 is 17.2 Å². The van der Waals surface area contributed by atoms with E-state index in [1.165, 1.54) is 11.3 Å². The number of rotatable bonds is 3. The molecule has 3 heterocycles. The van der Waals surface area contributed by atoms with Crippen molar-refractivity contribution in [3.8, 4) is 11.6 Å². The summed E-state index contributed by atoms with van der Waals surface area (Å²) >= 11 is 6.11. The molecule has 1 aromatic heterocycles. The van der Waals surface area contributed by atoms with Gasteiger partial charge in [0.1, 0.15) is 5.75 Å². The standard InChI is InChI=1S/C27H27ClN2O2/c1-2-15-30-16-13-27(31,20-9-11-21(28)12-10-20)18-24(30)23-17-19-6-3-4-8-25(19)32-26-22(23)7-5-14-29-26/h3-12,14,31H,2,13,15-18H2,1H3. The monoisotopic (exact) mass is 446 g/mol. The Kier molecular flexibility index (Phi) is 5.66. The first kappa shape index (κ1) is 21.0. The maximum atomic E-state index is 11.8. The molecule has 1 N–H and O–H groups in total. The number of aliphatic hydroxyl groups is 1. The van der Waals surface area contributed by atoms with Crippen LogP contribution >= 0.6 is 11.6 Å². The van der Waals surface area contributed by atoms with Crippen LogP contribution in [0, 0.1) is 0 Å². The molecule has 0 aliphatic carbocycles. The molecule has 2 aliphatic rings. The third kappa shape index (κ3) is 3.89. The maximum Gasteiger partial charge on any atom is 0.226 e. The van der Waals surface area contributed by atoms with E-state index in [-0.39, 0.29) is 0 Å². The van der Waals surface area contributed by atoms with Gasteiger partial charge in [0.2, 0.25) is 5.88 Å². The molecule has 0 spiro atoms. The quantitative estimate of drug-likeness (QED) is 0.521. The van der Waals surface area contributed by atoms with Crippen molar-refractivity contribution in [3.05, 3.63) is 94.3 Å². The van der Waals surface area contributed by atoms with Gasteiger partial charge in [-0.15, -0.1) is 0 Å². The molecule has 0 bridgehead atoms. The van der Waals surface area contributed by atoms with E-state index in [9.17, 15) is 5.11 Å². The summed E-state index contributed by atoms with van der Waals surface area (Å²) in [6, 6.07) is 19.8. The molecule has 3 aromatic rings. The molecule has 1 unspecified atom stereocenters. The Morgan fingerprint density at radius 1 is 1.09 bits per heavy atom. The number of para-hydroxylation sites is 1. The SMILES string of the molecule is CCCN1CCC(O)(c2ccc(Cl)cc2)CC1=C1Cc2ccccc2Oc2ncccc21. The van der Waals surface area contributed by atoms with Gasteiger partial charge in [0.15, 0.2) is 0 Å². The number of nitrogens with zero attached hydrogens (tertiary/aromatic N) is 2. The normalized spacial score (nSPS) is 22.5. The highest BCUT2D eigenvalue weighted by atomic mass is 35.5. The van der Waals surface area contributed by atoms with E-state index in [1.807, 2.05) is 48.5 Å². The molecule has 0 radical (unpaired) electrons. The first-order chi connectivity index (χ1) is 15.6. The van der Waals surface area contributed by atoms with Gasteiger partial charge in [-0.3, -0.25) is 0 Å². The Morgan fingerprint density at radius 3 is 2.72 bits per heavy atom. The van der Waals surface area contributed by atoms with Crippen LogP contribution in [0.4, 0.5) is 0 Å². The Bertz CT molecular complexity index is 1160. The number of fused-ring (bicyclic) bond motifs is 2. The zero-order valence-electron chi connectivity index (χ0n) is 18.2. The van der Waals surface area contributed by atoms with Gasteiger partial charge in [-0.25, -0.2) is 4.98 Å². The van der Waals surface area contributed by atoms with E-state index >= 15 is 0 Å². The second-order valence-corrected chi connectivity index (χ2v) is 9.06. The lowest BCUT2D eigenvalue weighted by molar-refractivity contribution is -0.00639. The fraction of sp³-hybridized carbons (Fsp3) is 0.296. The number of likely N-dealkylation sites (tertiary alicyclic amines) is 1. The van der Waals surface area contributed by atoms with Crippen LogP contribution in [0.1, 0.15) is 42.9 Å². The van der Waals surface area contributed by atoms with Gasteiger partial charge in [0.25, 0.3) is 0 Å². The lowest BCUT2D eigenvalue weighted by atomic mass is 9.80. The van der Waals surface area contributed by atoms with Gasteiger partial charge < -0.3 is 14.7 Å². The molecule has 5 heteroatoms. The van der Waals surface area contributed by atoms with Crippen molar-refractivity contribution in [2.45, 2.75) is 38.2 Å². The first-order valence-corrected chi connectivity index (χ1v) is 11.6. The highest BCUT2D eigenvalue weighted by molar-refractivity contribution is 6.30. The number of hydrogen-bond acceptors (Lipinski definition) is 4. The molecule has 1 saturated heterocycles. The molecule has 164 valence electrons. The highest BCUT2D eigenvalue weighted by Crippen LogP contribution is 2.45. The van der Waals surface area contributed by atoms with Crippen molar-refractivity contribution < 1.29 is 9.84 Å². The predicted molar refractivity (Wildman–Crippen MR) is 128 cm³/mol. The second kappa shape index (κ2) is 8.61. The van der Waals surface area contributed by atoms with E-state index < -0.39 is 5.60 Å². The summed E-state index contributed by atoms with van der Waals surface area (Å²) in [5.41, 5.74) is 4.45. The van der Waals surface area contributed by atoms with Crippen LogP contribution in [0.3, 0.4) is 0 Å². The molecule has 2 aromatic carbocycles. The molecule has 0 amide bonds. The van der Waals surface area contributed by atoms with Gasteiger partial charge in [-0.2, -0.15) is 0 Å². The number of pyridine rings is 1. The number of allylic oxidation sites excluding steroid dienone is 1. The number of hydrogen-bond donors (Lipinski definition) is 1. The Balaban J connectivity index is 1.66. The molecule has 0 saturated carbocycles. The van der Waals surface area contributed by atoms with Crippen LogP contribution in [-0.2, 0) is 12.0 Å². The summed E-state index contributed by atoms with van der Waals surface area (Å²) in [5.74, 6) is 1.46. The Hall–Kier alpha value is -2.82. The van der Waals surface area contributed by atoms with Crippen LogP contribution in [0.25, 0.3) is 5.57 Å². The van der Waals surface area contributed by atoms with Crippen LogP contribution < -0.4 is 4.74 Å². The molecule has 5 rings (SSSR count). The van der Waals surface area contributed by atoms with Crippen molar-refractivity contribution in [1.29, 1.82) is 0 Å². The van der Waals surface area contributed by atoms with Gasteiger partial charge in [-0.05, 0) is 59.9 Å². The van der Waals surface area contributed by atoms with E-state index in [0.717, 1.165) is 48.4 Å². The van der Waals surface area contributed by atoms with Crippen LogP contribution in [0.15, 0.2) is 72.6 Å². The van der Waals surface area contributed by atoms with Crippen molar-refractivity contribution in [3.63, 3.8) is 0 Å². The molecular weight excluding hydrogens is 420 g/mol. The average molecular weight is 447 g/mol. The number of aromatic nitrogens is 1. The molecule has 2 aliphatic heterocycles. The largest absolute Gasteiger partial charge is 0.438 e. The Labute approximate surface area is 194 Å². The van der Waals surface area contributed by atoms with E-state index in [2.05, 4.69) is 28.9 Å². The van der Waals surface area contributed by atoms with Crippen molar-refractivity contribution in [2.75, 3.05) is 13.1 Å². The van der Waals surface area contributed by atoms with Crippen LogP contribution in [-0.4, -0.2) is 28.1 Å². The van der Waals surface area contributed by atoms with Crippen LogP contribution in [0.2, 0.25) is 5.02 Å². The summed E-state index contributed by atoms with van der Waals surface area (Å²) in [4.78, 5) is 6.98. The summed E-state index contributed by atoms with van der Waals surface area (Å²) in [5, 5.41) is 12.5. The van der Waals surface area contributed by atoms with Gasteiger partial charge in [0, 0.05) is 48.4 Å². The van der Waals surface area contributed by atoms with Gasteiger partial charge >= 0.3 is 0 Å². The van der Waals surface area contributed by atoms with Gasteiger partial charge in [0.05, 0.1) is 5.60 Å². The predicted octanol–water partition coefficient (Wildman–Crippen LogP) is 6.19. The molecular formula is C27H27ClN2O2. The second-order valence-electron chi connectivity index (χ2n) is 8.62. The van der Waals surface area contributed by atoms with E-state index in [4.69, 9.17) is 16.3 Å². The zero-order chi connectivity index (χ0) is 22.1. The number of halogens is 1. The molecule has 1 fully saturated rings. The fourth-order valence-electron chi connectivity index (χ4n) is 4.85. The van der Waals surface area contributed by atoms with E-state index in [1.54, 1.807) is 6.20 Å². The highest BCUT2D eigenvalue weighted by Gasteiger charge is 2.38. The van der Waals surface area contributed by atoms with Crippen molar-refractivity contribution in [2.24, 2.45) is 0 Å². The van der Waals surface area contributed by atoms with E-state index in [0.29, 0.717) is 23.7 Å². The summed E-state index contributed by atoms with van der Waals surface area (Å²) in [6.45, 7) is 3.95. The number of ether oxygens (including phenoxy) is 1. The molecule has 1 atom stereocenters. The summed E-state index contributed by atoms with van der Waals surface area (Å²) in [7, 11) is 0. The minimum absolute atomic E-state index is 0.542. The fourth-order valence-corrected chi connectivity index (χ4v) is 4.98. The molecule has 32 heavy (non-hydrogen) atoms. The lowest BCUT2D eigenvalue weighted by Crippen LogP contribution is -2.42. The minimum atomic E-state index is -0.938.